The molecule has 1 heterocycles. The summed E-state index contributed by atoms with van der Waals surface area (Å²) in [6.07, 6.45) is 0. The smallest absolute Gasteiger partial charge is 0.286 e. The van der Waals surface area contributed by atoms with Gasteiger partial charge in [0.1, 0.15) is 12.4 Å². The summed E-state index contributed by atoms with van der Waals surface area (Å²) in [6, 6.07) is 0. The van der Waals surface area contributed by atoms with Crippen LogP contribution in [0.4, 0.5) is 0 Å². The van der Waals surface area contributed by atoms with Gasteiger partial charge in [0.15, 0.2) is 0 Å². The zero-order chi connectivity index (χ0) is 6.85. The summed E-state index contributed by atoms with van der Waals surface area (Å²) < 4.78 is 18.8. The number of nitrogens with zero attached hydrogens (tertiary/aromatic N) is 2. The average Bonchev–Trinajstić information content (AvgIpc) is 2.14. The zero-order valence-corrected chi connectivity index (χ0v) is 6.14. The first-order chi connectivity index (χ1) is 4.20. The maximum atomic E-state index is 10.4. The lowest BCUT2D eigenvalue weighted by atomic mass is 10.6. The van der Waals surface area contributed by atoms with Crippen molar-refractivity contribution in [3.63, 3.8) is 0 Å². The molecule has 9 heavy (non-hydrogen) atoms. The molecule has 0 amide bonds. The molecule has 0 saturated carbocycles. The van der Waals surface area contributed by atoms with E-state index in [1.54, 1.807) is 4.90 Å². The fourth-order valence-corrected chi connectivity index (χ4v) is 1.10. The first-order valence-corrected chi connectivity index (χ1v) is 3.53. The third-order valence-corrected chi connectivity index (χ3v) is 1.66. The van der Waals surface area contributed by atoms with E-state index in [0.717, 1.165) is 5.84 Å². The second kappa shape index (κ2) is 2.45. The van der Waals surface area contributed by atoms with E-state index in [2.05, 4.69) is 8.58 Å². The summed E-state index contributed by atoms with van der Waals surface area (Å²) >= 11 is -1.43. The van der Waals surface area contributed by atoms with E-state index in [1.165, 1.54) is 0 Å². The van der Waals surface area contributed by atoms with Gasteiger partial charge in [0, 0.05) is 14.1 Å². The molecule has 1 aliphatic rings. The second-order valence-electron chi connectivity index (χ2n) is 1.88. The standard InChI is InChI=1S/C4H8N2O2S/c1-6(2)4-3-8-9(7)5-4/h3H2,1-2H3. The van der Waals surface area contributed by atoms with Crippen molar-refractivity contribution < 1.29 is 8.39 Å². The monoisotopic (exact) mass is 148 g/mol. The van der Waals surface area contributed by atoms with Crippen molar-refractivity contribution in [3.8, 4) is 0 Å². The Labute approximate surface area is 56.3 Å². The first kappa shape index (κ1) is 6.70. The van der Waals surface area contributed by atoms with Crippen LogP contribution in [0.15, 0.2) is 4.40 Å². The summed E-state index contributed by atoms with van der Waals surface area (Å²) in [5.74, 6) is 0.730. The van der Waals surface area contributed by atoms with E-state index in [0.29, 0.717) is 6.61 Å². The minimum atomic E-state index is -1.43. The van der Waals surface area contributed by atoms with Crippen LogP contribution in [0.5, 0.6) is 0 Å². The molecule has 1 unspecified atom stereocenters. The summed E-state index contributed by atoms with van der Waals surface area (Å²) in [7, 11) is 3.68. The predicted octanol–water partition coefficient (Wildman–Crippen LogP) is -0.445. The third-order valence-electron chi connectivity index (χ3n) is 0.985. The Kier molecular flexibility index (Phi) is 1.82. The van der Waals surface area contributed by atoms with Crippen LogP contribution in [0, 0.1) is 0 Å². The van der Waals surface area contributed by atoms with Gasteiger partial charge < -0.3 is 4.90 Å². The fourth-order valence-electron chi connectivity index (χ4n) is 0.453. The molecule has 0 fully saturated rings. The number of hydrogen-bond donors (Lipinski definition) is 0. The summed E-state index contributed by atoms with van der Waals surface area (Å²) in [4.78, 5) is 1.78. The molecule has 1 atom stereocenters. The molecule has 0 aliphatic carbocycles. The number of likely N-dealkylation sites (N-methyl/N-ethyl adjacent to an activating group) is 1. The molecule has 5 heteroatoms. The van der Waals surface area contributed by atoms with Crippen LogP contribution in [0.3, 0.4) is 0 Å². The quantitative estimate of drug-likeness (QED) is 0.467. The molecule has 1 aliphatic heterocycles. The van der Waals surface area contributed by atoms with Crippen molar-refractivity contribution in [2.24, 2.45) is 4.40 Å². The largest absolute Gasteiger partial charge is 0.364 e. The van der Waals surface area contributed by atoms with E-state index in [-0.39, 0.29) is 0 Å². The van der Waals surface area contributed by atoms with Gasteiger partial charge in [0.05, 0.1) is 0 Å². The molecule has 0 spiro atoms. The molecular weight excluding hydrogens is 140 g/mol. The Balaban J connectivity index is 2.62. The molecule has 0 radical (unpaired) electrons. The highest BCUT2D eigenvalue weighted by Gasteiger charge is 2.14. The molecular formula is C4H8N2O2S. The number of amidine groups is 1. The minimum absolute atomic E-state index is 0.361. The van der Waals surface area contributed by atoms with Crippen LogP contribution in [0.25, 0.3) is 0 Å². The average molecular weight is 148 g/mol. The third kappa shape index (κ3) is 1.49. The van der Waals surface area contributed by atoms with Crippen molar-refractivity contribution >= 4 is 17.1 Å². The molecule has 0 aromatic heterocycles. The maximum absolute atomic E-state index is 10.4. The molecule has 1 rings (SSSR count). The van der Waals surface area contributed by atoms with E-state index in [4.69, 9.17) is 0 Å². The van der Waals surface area contributed by atoms with Crippen LogP contribution in [-0.2, 0) is 15.4 Å². The van der Waals surface area contributed by atoms with Crippen LogP contribution in [0.2, 0.25) is 0 Å². The Hall–Kier alpha value is -0.420. The topological polar surface area (TPSA) is 41.9 Å². The lowest BCUT2D eigenvalue weighted by Crippen LogP contribution is -2.22. The summed E-state index contributed by atoms with van der Waals surface area (Å²) in [5, 5.41) is 0. The minimum Gasteiger partial charge on any atom is -0.364 e. The highest BCUT2D eigenvalue weighted by Crippen LogP contribution is 2.01. The fraction of sp³-hybridized carbons (Fsp3) is 0.750. The van der Waals surface area contributed by atoms with E-state index < -0.39 is 11.3 Å². The second-order valence-corrected chi connectivity index (χ2v) is 2.73. The van der Waals surface area contributed by atoms with Crippen molar-refractivity contribution in [2.75, 3.05) is 20.7 Å². The SMILES string of the molecule is CN(C)C1=NS(=O)OC1. The van der Waals surface area contributed by atoms with E-state index >= 15 is 0 Å². The van der Waals surface area contributed by atoms with Gasteiger partial charge in [-0.1, -0.05) is 0 Å². The van der Waals surface area contributed by atoms with Crippen LogP contribution >= 0.6 is 0 Å². The molecule has 0 N–H and O–H groups in total. The van der Waals surface area contributed by atoms with E-state index in [1.807, 2.05) is 14.1 Å². The Morgan fingerprint density at radius 2 is 2.44 bits per heavy atom. The predicted molar refractivity (Wildman–Crippen MR) is 35.2 cm³/mol. The lowest BCUT2D eigenvalue weighted by molar-refractivity contribution is 0.406. The molecule has 0 aromatic rings. The van der Waals surface area contributed by atoms with Crippen LogP contribution in [-0.4, -0.2) is 35.6 Å². The van der Waals surface area contributed by atoms with Crippen molar-refractivity contribution in [1.29, 1.82) is 0 Å². The van der Waals surface area contributed by atoms with E-state index in [9.17, 15) is 4.21 Å². The Morgan fingerprint density at radius 1 is 1.78 bits per heavy atom. The van der Waals surface area contributed by atoms with Gasteiger partial charge in [-0.25, -0.2) is 4.21 Å². The highest BCUT2D eigenvalue weighted by molar-refractivity contribution is 7.79. The lowest BCUT2D eigenvalue weighted by Gasteiger charge is -2.07. The molecule has 0 bridgehead atoms. The Morgan fingerprint density at radius 3 is 2.67 bits per heavy atom. The van der Waals surface area contributed by atoms with Crippen LogP contribution < -0.4 is 0 Å². The molecule has 0 aromatic carbocycles. The molecule has 4 nitrogen and oxygen atoms in total. The highest BCUT2D eigenvalue weighted by atomic mass is 32.2. The van der Waals surface area contributed by atoms with Gasteiger partial charge in [0.25, 0.3) is 11.3 Å². The van der Waals surface area contributed by atoms with Crippen molar-refractivity contribution in [1.82, 2.24) is 4.90 Å². The molecule has 0 saturated heterocycles. The number of rotatable bonds is 0. The van der Waals surface area contributed by atoms with Gasteiger partial charge in [0.2, 0.25) is 0 Å². The summed E-state index contributed by atoms with van der Waals surface area (Å²) in [6.45, 7) is 0.361. The van der Waals surface area contributed by atoms with Crippen LogP contribution in [0.1, 0.15) is 0 Å². The zero-order valence-electron chi connectivity index (χ0n) is 5.33. The summed E-state index contributed by atoms with van der Waals surface area (Å²) in [5.41, 5.74) is 0. The Bertz CT molecular complexity index is 166. The van der Waals surface area contributed by atoms with Gasteiger partial charge in [-0.2, -0.15) is 0 Å². The van der Waals surface area contributed by atoms with Gasteiger partial charge in [-0.15, -0.1) is 4.40 Å². The normalized spacial score (nSPS) is 26.0. The maximum Gasteiger partial charge on any atom is 0.286 e. The van der Waals surface area contributed by atoms with Crippen molar-refractivity contribution in [2.45, 2.75) is 0 Å². The molecule has 52 valence electrons. The van der Waals surface area contributed by atoms with Gasteiger partial charge in [-0.05, 0) is 0 Å². The van der Waals surface area contributed by atoms with Gasteiger partial charge >= 0.3 is 0 Å². The van der Waals surface area contributed by atoms with Gasteiger partial charge in [-0.3, -0.25) is 4.18 Å². The first-order valence-electron chi connectivity index (χ1n) is 2.50. The van der Waals surface area contributed by atoms with Crippen molar-refractivity contribution in [3.05, 3.63) is 0 Å². The number of hydrogen-bond acceptors (Lipinski definition) is 3.